The zero-order chi connectivity index (χ0) is 16.0. The topological polar surface area (TPSA) is 106 Å². The highest BCUT2D eigenvalue weighted by molar-refractivity contribution is 5.81. The van der Waals surface area contributed by atoms with Gasteiger partial charge in [0.1, 0.15) is 5.72 Å². The summed E-state index contributed by atoms with van der Waals surface area (Å²) in [5.74, 6) is -0.0274. The van der Waals surface area contributed by atoms with E-state index in [0.717, 1.165) is 19.4 Å². The third-order valence-corrected chi connectivity index (χ3v) is 3.94. The van der Waals surface area contributed by atoms with Gasteiger partial charge in [-0.3, -0.25) is 9.69 Å². The third-order valence-electron chi connectivity index (χ3n) is 3.94. The largest absolute Gasteiger partial charge is 0.453 e. The number of nitrogens with zero attached hydrogens (tertiary/aromatic N) is 1. The molecule has 0 aromatic carbocycles. The monoisotopic (exact) mass is 302 g/mol. The number of rotatable bonds is 6. The number of nitrogens with two attached hydrogens (primary N) is 1. The molecular formula is C13H26N4O4. The van der Waals surface area contributed by atoms with E-state index in [-0.39, 0.29) is 11.9 Å². The van der Waals surface area contributed by atoms with Gasteiger partial charge in [0.05, 0.1) is 19.2 Å². The standard InChI is InChI=1S/C13H26N4O4/c1-13(14,21-4)10(16-12(19)20-3)8-17-7-5-6-9(17)11(18)15-2/h9-10H,5-8,14H2,1-4H3,(H,15,18)(H,16,19)/t9-,10?,13?/m0/s1. The van der Waals surface area contributed by atoms with Gasteiger partial charge in [-0.25, -0.2) is 4.79 Å². The zero-order valence-corrected chi connectivity index (χ0v) is 13.1. The van der Waals surface area contributed by atoms with Gasteiger partial charge in [0.25, 0.3) is 0 Å². The van der Waals surface area contributed by atoms with Crippen LogP contribution < -0.4 is 16.4 Å². The molecule has 8 heteroatoms. The Morgan fingerprint density at radius 1 is 1.48 bits per heavy atom. The molecule has 1 saturated heterocycles. The number of ether oxygens (including phenoxy) is 2. The second-order valence-electron chi connectivity index (χ2n) is 5.34. The number of carbonyl (C=O) groups excluding carboxylic acids is 2. The highest BCUT2D eigenvalue weighted by Crippen LogP contribution is 2.20. The Morgan fingerprint density at radius 2 is 2.14 bits per heavy atom. The first-order valence-corrected chi connectivity index (χ1v) is 6.99. The second-order valence-corrected chi connectivity index (χ2v) is 5.34. The first-order chi connectivity index (χ1) is 9.85. The van der Waals surface area contributed by atoms with Crippen LogP contribution in [0.3, 0.4) is 0 Å². The minimum atomic E-state index is -1.07. The van der Waals surface area contributed by atoms with E-state index in [4.69, 9.17) is 10.5 Å². The number of amides is 2. The van der Waals surface area contributed by atoms with Crippen molar-refractivity contribution in [2.24, 2.45) is 5.73 Å². The quantitative estimate of drug-likeness (QED) is 0.557. The molecule has 1 rings (SSSR count). The lowest BCUT2D eigenvalue weighted by Crippen LogP contribution is -2.62. The summed E-state index contributed by atoms with van der Waals surface area (Å²) >= 11 is 0. The summed E-state index contributed by atoms with van der Waals surface area (Å²) in [6, 6.07) is -0.704. The lowest BCUT2D eigenvalue weighted by molar-refractivity contribution is -0.125. The molecule has 1 aliphatic heterocycles. The molecule has 0 spiro atoms. The second kappa shape index (κ2) is 7.58. The highest BCUT2D eigenvalue weighted by atomic mass is 16.5. The number of likely N-dealkylation sites (tertiary alicyclic amines) is 1. The van der Waals surface area contributed by atoms with E-state index in [0.29, 0.717) is 6.54 Å². The molecule has 0 saturated carbocycles. The fraction of sp³-hybridized carbons (Fsp3) is 0.846. The van der Waals surface area contributed by atoms with Gasteiger partial charge < -0.3 is 25.8 Å². The molecule has 4 N–H and O–H groups in total. The van der Waals surface area contributed by atoms with Crippen LogP contribution >= 0.6 is 0 Å². The first kappa shape index (κ1) is 17.7. The van der Waals surface area contributed by atoms with E-state index >= 15 is 0 Å². The molecule has 21 heavy (non-hydrogen) atoms. The van der Waals surface area contributed by atoms with Crippen LogP contribution in [0.4, 0.5) is 4.79 Å². The van der Waals surface area contributed by atoms with Crippen molar-refractivity contribution in [3.8, 4) is 0 Å². The lowest BCUT2D eigenvalue weighted by Gasteiger charge is -2.36. The molecule has 1 heterocycles. The van der Waals surface area contributed by atoms with Gasteiger partial charge in [-0.2, -0.15) is 0 Å². The molecule has 0 bridgehead atoms. The Morgan fingerprint density at radius 3 is 2.67 bits per heavy atom. The SMILES string of the molecule is CNC(=O)[C@@H]1CCCN1CC(NC(=O)OC)C(C)(N)OC. The summed E-state index contributed by atoms with van der Waals surface area (Å²) in [5, 5.41) is 5.34. The maximum absolute atomic E-state index is 11.9. The number of nitrogens with one attached hydrogen (secondary N) is 2. The van der Waals surface area contributed by atoms with E-state index in [9.17, 15) is 9.59 Å². The van der Waals surface area contributed by atoms with Crippen LogP contribution in [0.2, 0.25) is 0 Å². The molecule has 2 unspecified atom stereocenters. The molecule has 3 atom stereocenters. The number of likely N-dealkylation sites (N-methyl/N-ethyl adjacent to an activating group) is 1. The fourth-order valence-corrected chi connectivity index (χ4v) is 2.46. The number of hydrogen-bond donors (Lipinski definition) is 3. The van der Waals surface area contributed by atoms with Crippen molar-refractivity contribution >= 4 is 12.0 Å². The molecule has 2 amide bonds. The number of carbonyl (C=O) groups is 2. The maximum Gasteiger partial charge on any atom is 0.407 e. The summed E-state index contributed by atoms with van der Waals surface area (Å²) in [5.41, 5.74) is 5.01. The fourth-order valence-electron chi connectivity index (χ4n) is 2.46. The zero-order valence-electron chi connectivity index (χ0n) is 13.1. The molecule has 0 radical (unpaired) electrons. The van der Waals surface area contributed by atoms with Gasteiger partial charge in [-0.1, -0.05) is 0 Å². The van der Waals surface area contributed by atoms with E-state index in [1.165, 1.54) is 14.2 Å². The van der Waals surface area contributed by atoms with E-state index in [2.05, 4.69) is 15.4 Å². The Bertz CT molecular complexity index is 375. The van der Waals surface area contributed by atoms with E-state index < -0.39 is 17.9 Å². The highest BCUT2D eigenvalue weighted by Gasteiger charge is 2.38. The van der Waals surface area contributed by atoms with Crippen LogP contribution in [0.1, 0.15) is 19.8 Å². The predicted octanol–water partition coefficient (Wildman–Crippen LogP) is -0.757. The summed E-state index contributed by atoms with van der Waals surface area (Å²) < 4.78 is 9.88. The average Bonchev–Trinajstić information content (AvgIpc) is 2.93. The van der Waals surface area contributed by atoms with Crippen molar-refractivity contribution in [2.45, 2.75) is 37.6 Å². The molecule has 1 fully saturated rings. The van der Waals surface area contributed by atoms with Crippen molar-refractivity contribution in [1.82, 2.24) is 15.5 Å². The van der Waals surface area contributed by atoms with Gasteiger partial charge >= 0.3 is 6.09 Å². The Labute approximate surface area is 125 Å². The number of alkyl carbamates (subject to hydrolysis) is 1. The van der Waals surface area contributed by atoms with Gasteiger partial charge in [0.2, 0.25) is 5.91 Å². The summed E-state index contributed by atoms with van der Waals surface area (Å²) in [6.07, 6.45) is 1.14. The van der Waals surface area contributed by atoms with Crippen molar-refractivity contribution < 1.29 is 19.1 Å². The Kier molecular flexibility index (Phi) is 6.38. The predicted molar refractivity (Wildman–Crippen MR) is 77.6 cm³/mol. The Hall–Kier alpha value is -1.38. The average molecular weight is 302 g/mol. The molecular weight excluding hydrogens is 276 g/mol. The van der Waals surface area contributed by atoms with Crippen LogP contribution in [0, 0.1) is 0 Å². The molecule has 0 aromatic rings. The van der Waals surface area contributed by atoms with Crippen molar-refractivity contribution in [1.29, 1.82) is 0 Å². The third kappa shape index (κ3) is 4.55. The van der Waals surface area contributed by atoms with Gasteiger partial charge in [0.15, 0.2) is 0 Å². The van der Waals surface area contributed by atoms with E-state index in [1.807, 2.05) is 4.90 Å². The van der Waals surface area contributed by atoms with Crippen LogP contribution in [0.15, 0.2) is 0 Å². The van der Waals surface area contributed by atoms with Crippen LogP contribution in [0.25, 0.3) is 0 Å². The van der Waals surface area contributed by atoms with Crippen molar-refractivity contribution in [2.75, 3.05) is 34.4 Å². The molecule has 8 nitrogen and oxygen atoms in total. The van der Waals surface area contributed by atoms with Gasteiger partial charge in [0, 0.05) is 20.7 Å². The smallest absolute Gasteiger partial charge is 0.407 e. The van der Waals surface area contributed by atoms with Gasteiger partial charge in [-0.15, -0.1) is 0 Å². The molecule has 0 aromatic heterocycles. The maximum atomic E-state index is 11.9. The number of methoxy groups -OCH3 is 2. The minimum Gasteiger partial charge on any atom is -0.453 e. The molecule has 1 aliphatic rings. The van der Waals surface area contributed by atoms with Crippen LogP contribution in [-0.4, -0.2) is 69.1 Å². The lowest BCUT2D eigenvalue weighted by atomic mass is 10.1. The van der Waals surface area contributed by atoms with Gasteiger partial charge in [-0.05, 0) is 26.3 Å². The first-order valence-electron chi connectivity index (χ1n) is 6.99. The summed E-state index contributed by atoms with van der Waals surface area (Å²) in [4.78, 5) is 25.4. The molecule has 122 valence electrons. The Balaban J connectivity index is 2.80. The normalized spacial score (nSPS) is 23.2. The van der Waals surface area contributed by atoms with Crippen LogP contribution in [-0.2, 0) is 14.3 Å². The van der Waals surface area contributed by atoms with E-state index in [1.54, 1.807) is 14.0 Å². The minimum absolute atomic E-state index is 0.0274. The van der Waals surface area contributed by atoms with Crippen molar-refractivity contribution in [3.63, 3.8) is 0 Å². The van der Waals surface area contributed by atoms with Crippen LogP contribution in [0.5, 0.6) is 0 Å². The summed E-state index contributed by atoms with van der Waals surface area (Å²) in [6.45, 7) is 2.86. The van der Waals surface area contributed by atoms with Crippen molar-refractivity contribution in [3.05, 3.63) is 0 Å². The molecule has 0 aliphatic carbocycles. The summed E-state index contributed by atoms with van der Waals surface area (Å²) in [7, 11) is 4.38. The number of hydrogen-bond acceptors (Lipinski definition) is 6.